The average molecular weight is 210 g/mol. The van der Waals surface area contributed by atoms with Crippen molar-refractivity contribution in [3.05, 3.63) is 54.1 Å². The number of aliphatic hydroxyl groups is 1. The van der Waals surface area contributed by atoms with Crippen LogP contribution in [0.5, 0.6) is 0 Å². The smallest absolute Gasteiger partial charge is 0.0795 e. The Morgan fingerprint density at radius 2 is 1.81 bits per heavy atom. The van der Waals surface area contributed by atoms with Crippen molar-refractivity contribution in [2.24, 2.45) is 0 Å². The minimum atomic E-state index is -0.277. The molecule has 1 aliphatic carbocycles. The highest BCUT2D eigenvalue weighted by molar-refractivity contribution is 5.87. The summed E-state index contributed by atoms with van der Waals surface area (Å²) in [6.45, 7) is 0. The predicted molar refractivity (Wildman–Crippen MR) is 67.2 cm³/mol. The molecule has 0 unspecified atom stereocenters. The van der Waals surface area contributed by atoms with Crippen molar-refractivity contribution in [1.82, 2.24) is 0 Å². The summed E-state index contributed by atoms with van der Waals surface area (Å²) in [6.07, 6.45) is 3.72. The van der Waals surface area contributed by atoms with Crippen LogP contribution in [0.15, 0.2) is 48.5 Å². The van der Waals surface area contributed by atoms with Gasteiger partial charge in [-0.2, -0.15) is 0 Å². The molecule has 3 rings (SSSR count). The third kappa shape index (κ3) is 1.54. The molecule has 80 valence electrons. The third-order valence-electron chi connectivity index (χ3n) is 3.25. The largest absolute Gasteiger partial charge is 0.388 e. The van der Waals surface area contributed by atoms with Crippen LogP contribution in [0.3, 0.4) is 0 Å². The molecule has 1 aliphatic rings. The first-order valence-electron chi connectivity index (χ1n) is 5.72. The minimum absolute atomic E-state index is 0.277. The highest BCUT2D eigenvalue weighted by Gasteiger charge is 2.17. The maximum atomic E-state index is 9.85. The van der Waals surface area contributed by atoms with Crippen molar-refractivity contribution in [2.75, 3.05) is 0 Å². The molecule has 0 heterocycles. The number of aliphatic hydroxyl groups excluding tert-OH is 1. The van der Waals surface area contributed by atoms with Crippen molar-refractivity contribution < 1.29 is 5.11 Å². The Bertz CT molecular complexity index is 554. The zero-order valence-corrected chi connectivity index (χ0v) is 9.06. The van der Waals surface area contributed by atoms with Crippen LogP contribution in [-0.4, -0.2) is 11.2 Å². The van der Waals surface area contributed by atoms with Gasteiger partial charge in [-0.3, -0.25) is 0 Å². The van der Waals surface area contributed by atoms with Crippen LogP contribution in [0.4, 0.5) is 0 Å². The van der Waals surface area contributed by atoms with E-state index in [1.807, 2.05) is 12.1 Å². The molecule has 0 bridgehead atoms. The number of hydrogen-bond acceptors (Lipinski definition) is 1. The van der Waals surface area contributed by atoms with Crippen molar-refractivity contribution in [1.29, 1.82) is 0 Å². The van der Waals surface area contributed by atoms with Gasteiger partial charge in [-0.15, -0.1) is 0 Å². The SMILES string of the molecule is O[C@H]1CCC=C1c1ccc2ccccc2c1. The van der Waals surface area contributed by atoms with E-state index >= 15 is 0 Å². The quantitative estimate of drug-likeness (QED) is 0.765. The van der Waals surface area contributed by atoms with Gasteiger partial charge in [0.05, 0.1) is 6.10 Å². The first-order valence-corrected chi connectivity index (χ1v) is 5.72. The van der Waals surface area contributed by atoms with E-state index in [9.17, 15) is 5.11 Å². The fourth-order valence-corrected chi connectivity index (χ4v) is 2.37. The molecule has 1 heteroatoms. The van der Waals surface area contributed by atoms with Crippen LogP contribution in [0.2, 0.25) is 0 Å². The summed E-state index contributed by atoms with van der Waals surface area (Å²) in [5.74, 6) is 0. The Labute approximate surface area is 95.0 Å². The molecule has 0 fully saturated rings. The molecule has 0 aromatic heterocycles. The van der Waals surface area contributed by atoms with Gasteiger partial charge in [0, 0.05) is 0 Å². The normalized spacial score (nSPS) is 20.1. The maximum Gasteiger partial charge on any atom is 0.0795 e. The minimum Gasteiger partial charge on any atom is -0.388 e. The Kier molecular flexibility index (Phi) is 2.26. The number of hydrogen-bond donors (Lipinski definition) is 1. The van der Waals surface area contributed by atoms with Gasteiger partial charge in [0.1, 0.15) is 0 Å². The maximum absolute atomic E-state index is 9.85. The van der Waals surface area contributed by atoms with Crippen LogP contribution in [0.25, 0.3) is 16.3 Å². The summed E-state index contributed by atoms with van der Waals surface area (Å²) in [4.78, 5) is 0. The zero-order valence-electron chi connectivity index (χ0n) is 9.06. The van der Waals surface area contributed by atoms with Crippen molar-refractivity contribution in [3.63, 3.8) is 0 Å². The lowest BCUT2D eigenvalue weighted by Crippen LogP contribution is -2.03. The van der Waals surface area contributed by atoms with Gasteiger partial charge < -0.3 is 5.11 Å². The van der Waals surface area contributed by atoms with E-state index in [2.05, 4.69) is 36.4 Å². The molecule has 1 atom stereocenters. The highest BCUT2D eigenvalue weighted by Crippen LogP contribution is 2.30. The van der Waals surface area contributed by atoms with Gasteiger partial charge in [0.25, 0.3) is 0 Å². The monoisotopic (exact) mass is 210 g/mol. The average Bonchev–Trinajstić information content (AvgIpc) is 2.75. The molecule has 0 spiro atoms. The second-order valence-corrected chi connectivity index (χ2v) is 4.31. The van der Waals surface area contributed by atoms with Crippen molar-refractivity contribution in [2.45, 2.75) is 18.9 Å². The van der Waals surface area contributed by atoms with E-state index in [0.29, 0.717) is 0 Å². The van der Waals surface area contributed by atoms with Crippen molar-refractivity contribution >= 4 is 16.3 Å². The number of rotatable bonds is 1. The highest BCUT2D eigenvalue weighted by atomic mass is 16.3. The molecular formula is C15H14O. The summed E-state index contributed by atoms with van der Waals surface area (Å²) in [7, 11) is 0. The fourth-order valence-electron chi connectivity index (χ4n) is 2.37. The van der Waals surface area contributed by atoms with Crippen molar-refractivity contribution in [3.8, 4) is 0 Å². The van der Waals surface area contributed by atoms with Crippen LogP contribution in [-0.2, 0) is 0 Å². The lowest BCUT2D eigenvalue weighted by atomic mass is 10.00. The number of fused-ring (bicyclic) bond motifs is 1. The second-order valence-electron chi connectivity index (χ2n) is 4.31. The van der Waals surface area contributed by atoms with E-state index in [4.69, 9.17) is 0 Å². The van der Waals surface area contributed by atoms with Gasteiger partial charge in [-0.05, 0) is 40.8 Å². The summed E-state index contributed by atoms with van der Waals surface area (Å²) < 4.78 is 0. The van der Waals surface area contributed by atoms with E-state index in [0.717, 1.165) is 24.0 Å². The van der Waals surface area contributed by atoms with Gasteiger partial charge in [0.2, 0.25) is 0 Å². The summed E-state index contributed by atoms with van der Waals surface area (Å²) >= 11 is 0. The van der Waals surface area contributed by atoms with Gasteiger partial charge >= 0.3 is 0 Å². The molecule has 2 aromatic rings. The summed E-state index contributed by atoms with van der Waals surface area (Å²) in [5, 5.41) is 12.3. The third-order valence-corrected chi connectivity index (χ3v) is 3.25. The standard InChI is InChI=1S/C15H14O/c16-15-7-3-6-14(15)13-9-8-11-4-1-2-5-12(11)10-13/h1-2,4-6,8-10,15-16H,3,7H2/t15-/m0/s1. The Morgan fingerprint density at radius 1 is 1.00 bits per heavy atom. The lowest BCUT2D eigenvalue weighted by molar-refractivity contribution is 0.231. The molecular weight excluding hydrogens is 196 g/mol. The van der Waals surface area contributed by atoms with Gasteiger partial charge in [-0.25, -0.2) is 0 Å². The predicted octanol–water partition coefficient (Wildman–Crippen LogP) is 3.38. The lowest BCUT2D eigenvalue weighted by Gasteiger charge is -2.09. The van der Waals surface area contributed by atoms with E-state index in [1.165, 1.54) is 10.8 Å². The molecule has 0 radical (unpaired) electrons. The molecule has 0 saturated heterocycles. The van der Waals surface area contributed by atoms with E-state index < -0.39 is 0 Å². The number of benzene rings is 2. The summed E-state index contributed by atoms with van der Waals surface area (Å²) in [6, 6.07) is 14.7. The molecule has 0 aliphatic heterocycles. The van der Waals surface area contributed by atoms with Gasteiger partial charge in [-0.1, -0.05) is 42.5 Å². The summed E-state index contributed by atoms with van der Waals surface area (Å²) in [5.41, 5.74) is 2.24. The Balaban J connectivity index is 2.12. The molecule has 0 saturated carbocycles. The molecule has 1 nitrogen and oxygen atoms in total. The topological polar surface area (TPSA) is 20.2 Å². The van der Waals surface area contributed by atoms with E-state index in [-0.39, 0.29) is 6.10 Å². The molecule has 1 N–H and O–H groups in total. The second kappa shape index (κ2) is 3.76. The van der Waals surface area contributed by atoms with Crippen LogP contribution < -0.4 is 0 Å². The van der Waals surface area contributed by atoms with Crippen LogP contribution in [0, 0.1) is 0 Å². The van der Waals surface area contributed by atoms with Crippen LogP contribution in [0.1, 0.15) is 18.4 Å². The van der Waals surface area contributed by atoms with Crippen LogP contribution >= 0.6 is 0 Å². The zero-order chi connectivity index (χ0) is 11.0. The first kappa shape index (κ1) is 9.61. The van der Waals surface area contributed by atoms with E-state index in [1.54, 1.807) is 0 Å². The molecule has 0 amide bonds. The fraction of sp³-hybridized carbons (Fsp3) is 0.200. The molecule has 2 aromatic carbocycles. The molecule has 16 heavy (non-hydrogen) atoms. The Hall–Kier alpha value is -1.60. The van der Waals surface area contributed by atoms with Gasteiger partial charge in [0.15, 0.2) is 0 Å². The Morgan fingerprint density at radius 3 is 2.56 bits per heavy atom. The number of allylic oxidation sites excluding steroid dienone is 1. The first-order chi connectivity index (χ1) is 7.84.